The fraction of sp³-hybridized carbons (Fsp3) is 0.136. The predicted molar refractivity (Wildman–Crippen MR) is 116 cm³/mol. The number of hydrogen-bond donors (Lipinski definition) is 1. The van der Waals surface area contributed by atoms with Gasteiger partial charge in [0.2, 0.25) is 10.0 Å². The molecule has 4 rings (SSSR count). The third-order valence-corrected chi connectivity index (χ3v) is 6.17. The number of amides is 1. The Bertz CT molecular complexity index is 1210. The number of ether oxygens (including phenoxy) is 1. The van der Waals surface area contributed by atoms with Crippen molar-refractivity contribution in [3.63, 3.8) is 0 Å². The zero-order chi connectivity index (χ0) is 21.3. The van der Waals surface area contributed by atoms with E-state index >= 15 is 0 Å². The molecule has 0 atom stereocenters. The van der Waals surface area contributed by atoms with Crippen molar-refractivity contribution in [1.82, 2.24) is 0 Å². The van der Waals surface area contributed by atoms with Gasteiger partial charge in [0, 0.05) is 12.2 Å². The number of hydrogen-bond acceptors (Lipinski definition) is 4. The average Bonchev–Trinajstić information content (AvgIpc) is 3.16. The molecule has 0 aromatic heterocycles. The summed E-state index contributed by atoms with van der Waals surface area (Å²) in [6.45, 7) is 0.271. The Morgan fingerprint density at radius 3 is 2.50 bits per heavy atom. The fourth-order valence-electron chi connectivity index (χ4n) is 3.46. The minimum atomic E-state index is -3.78. The van der Waals surface area contributed by atoms with Crippen molar-refractivity contribution in [2.75, 3.05) is 18.1 Å². The van der Waals surface area contributed by atoms with E-state index in [1.54, 1.807) is 23.1 Å². The van der Waals surface area contributed by atoms with Crippen LogP contribution in [0.1, 0.15) is 5.56 Å². The first-order valence-corrected chi connectivity index (χ1v) is 11.2. The molecule has 0 spiro atoms. The average molecular weight is 443 g/mol. The molecule has 154 valence electrons. The summed E-state index contributed by atoms with van der Waals surface area (Å²) in [5.41, 5.74) is 3.43. The SMILES string of the molecule is NS(=O)(=O)c1ccc2c(c1)CCN2C(=O)COc1ccc(-c2ccccc2)cc1Cl. The van der Waals surface area contributed by atoms with Gasteiger partial charge in [0.15, 0.2) is 6.61 Å². The molecule has 8 heteroatoms. The van der Waals surface area contributed by atoms with E-state index in [1.807, 2.05) is 36.4 Å². The number of carbonyl (C=O) groups is 1. The van der Waals surface area contributed by atoms with Gasteiger partial charge in [-0.25, -0.2) is 13.6 Å². The summed E-state index contributed by atoms with van der Waals surface area (Å²) in [6, 6.07) is 19.8. The third-order valence-electron chi connectivity index (χ3n) is 4.97. The minimum Gasteiger partial charge on any atom is -0.482 e. The molecule has 0 aliphatic carbocycles. The maximum Gasteiger partial charge on any atom is 0.264 e. The Morgan fingerprint density at radius 2 is 1.80 bits per heavy atom. The van der Waals surface area contributed by atoms with Crippen LogP contribution in [0.3, 0.4) is 0 Å². The summed E-state index contributed by atoms with van der Waals surface area (Å²) in [7, 11) is -3.78. The molecule has 0 saturated heterocycles. The molecular formula is C22H19ClN2O4S. The van der Waals surface area contributed by atoms with Gasteiger partial charge in [0.25, 0.3) is 5.91 Å². The highest BCUT2D eigenvalue weighted by Crippen LogP contribution is 2.32. The molecule has 0 fully saturated rings. The van der Waals surface area contributed by atoms with Crippen molar-refractivity contribution in [3.05, 3.63) is 77.3 Å². The highest BCUT2D eigenvalue weighted by Gasteiger charge is 2.26. The molecule has 2 N–H and O–H groups in total. The van der Waals surface area contributed by atoms with E-state index in [0.717, 1.165) is 16.7 Å². The van der Waals surface area contributed by atoms with Crippen LogP contribution in [0.4, 0.5) is 5.69 Å². The zero-order valence-corrected chi connectivity index (χ0v) is 17.5. The van der Waals surface area contributed by atoms with Crippen molar-refractivity contribution in [1.29, 1.82) is 0 Å². The monoisotopic (exact) mass is 442 g/mol. The lowest BCUT2D eigenvalue weighted by Crippen LogP contribution is -2.33. The van der Waals surface area contributed by atoms with Gasteiger partial charge in [0.1, 0.15) is 5.75 Å². The second-order valence-electron chi connectivity index (χ2n) is 6.93. The molecule has 6 nitrogen and oxygen atoms in total. The maximum atomic E-state index is 12.7. The standard InChI is InChI=1S/C22H19ClN2O4S/c23-19-13-16(15-4-2-1-3-5-15)6-9-21(19)29-14-22(26)25-11-10-17-12-18(30(24,27)28)7-8-20(17)25/h1-9,12-13H,10-11,14H2,(H2,24,27,28). The summed E-state index contributed by atoms with van der Waals surface area (Å²) >= 11 is 6.34. The molecule has 1 heterocycles. The molecule has 3 aromatic carbocycles. The van der Waals surface area contributed by atoms with Crippen LogP contribution >= 0.6 is 11.6 Å². The van der Waals surface area contributed by atoms with Crippen LogP contribution in [0, 0.1) is 0 Å². The van der Waals surface area contributed by atoms with E-state index in [9.17, 15) is 13.2 Å². The first-order chi connectivity index (χ1) is 14.3. The number of carbonyl (C=O) groups excluding carboxylic acids is 1. The first kappa shape index (κ1) is 20.4. The van der Waals surface area contributed by atoms with E-state index in [4.69, 9.17) is 21.5 Å². The van der Waals surface area contributed by atoms with E-state index in [-0.39, 0.29) is 17.4 Å². The Balaban J connectivity index is 1.45. The molecule has 0 bridgehead atoms. The van der Waals surface area contributed by atoms with Crippen molar-refractivity contribution >= 4 is 33.2 Å². The van der Waals surface area contributed by atoms with Crippen LogP contribution in [-0.2, 0) is 21.2 Å². The van der Waals surface area contributed by atoms with Gasteiger partial charge in [-0.05, 0) is 53.4 Å². The van der Waals surface area contributed by atoms with Crippen molar-refractivity contribution in [3.8, 4) is 16.9 Å². The van der Waals surface area contributed by atoms with Gasteiger partial charge in [-0.1, -0.05) is 48.0 Å². The molecule has 1 aliphatic rings. The van der Waals surface area contributed by atoms with Gasteiger partial charge in [-0.15, -0.1) is 0 Å². The molecule has 0 saturated carbocycles. The first-order valence-electron chi connectivity index (χ1n) is 9.27. The topological polar surface area (TPSA) is 89.7 Å². The van der Waals surface area contributed by atoms with E-state index in [0.29, 0.717) is 29.4 Å². The number of halogens is 1. The smallest absolute Gasteiger partial charge is 0.264 e. The molecule has 1 amide bonds. The van der Waals surface area contributed by atoms with E-state index < -0.39 is 10.0 Å². The lowest BCUT2D eigenvalue weighted by molar-refractivity contribution is -0.120. The number of rotatable bonds is 5. The Labute approximate surface area is 179 Å². The number of nitrogens with zero attached hydrogens (tertiary/aromatic N) is 1. The van der Waals surface area contributed by atoms with Crippen molar-refractivity contribution < 1.29 is 17.9 Å². The maximum absolute atomic E-state index is 12.7. The van der Waals surface area contributed by atoms with Gasteiger partial charge in [0.05, 0.1) is 9.92 Å². The van der Waals surface area contributed by atoms with Gasteiger partial charge < -0.3 is 9.64 Å². The summed E-state index contributed by atoms with van der Waals surface area (Å²) in [5.74, 6) is 0.189. The second-order valence-corrected chi connectivity index (χ2v) is 8.90. The number of primary sulfonamides is 1. The molecule has 0 unspecified atom stereocenters. The van der Waals surface area contributed by atoms with Crippen LogP contribution in [0.5, 0.6) is 5.75 Å². The minimum absolute atomic E-state index is 0.0390. The Kier molecular flexibility index (Phi) is 5.51. The number of nitrogens with two attached hydrogens (primary N) is 1. The lowest BCUT2D eigenvalue weighted by atomic mass is 10.1. The largest absolute Gasteiger partial charge is 0.482 e. The lowest BCUT2D eigenvalue weighted by Gasteiger charge is -2.18. The van der Waals surface area contributed by atoms with Gasteiger partial charge in [-0.2, -0.15) is 0 Å². The number of sulfonamides is 1. The molecule has 3 aromatic rings. The van der Waals surface area contributed by atoms with Crippen molar-refractivity contribution in [2.45, 2.75) is 11.3 Å². The normalized spacial score (nSPS) is 13.2. The van der Waals surface area contributed by atoms with Crippen LogP contribution in [0.25, 0.3) is 11.1 Å². The molecule has 0 radical (unpaired) electrons. The Morgan fingerprint density at radius 1 is 1.03 bits per heavy atom. The second kappa shape index (κ2) is 8.10. The predicted octanol–water partition coefficient (Wildman–Crippen LogP) is 3.62. The molecule has 1 aliphatic heterocycles. The number of benzene rings is 3. The summed E-state index contributed by atoms with van der Waals surface area (Å²) in [5, 5.41) is 5.60. The van der Waals surface area contributed by atoms with Gasteiger partial charge in [-0.3, -0.25) is 4.79 Å². The summed E-state index contributed by atoms with van der Waals surface area (Å²) in [6.07, 6.45) is 0.553. The summed E-state index contributed by atoms with van der Waals surface area (Å²) in [4.78, 5) is 14.3. The third kappa shape index (κ3) is 4.18. The Hall–Kier alpha value is -2.87. The van der Waals surface area contributed by atoms with Crippen LogP contribution in [0.2, 0.25) is 5.02 Å². The number of fused-ring (bicyclic) bond motifs is 1. The highest BCUT2D eigenvalue weighted by molar-refractivity contribution is 7.89. The highest BCUT2D eigenvalue weighted by atomic mass is 35.5. The quantitative estimate of drug-likeness (QED) is 0.653. The van der Waals surface area contributed by atoms with Crippen molar-refractivity contribution in [2.24, 2.45) is 5.14 Å². The summed E-state index contributed by atoms with van der Waals surface area (Å²) < 4.78 is 28.7. The molecular weight excluding hydrogens is 424 g/mol. The van der Waals surface area contributed by atoms with Crippen LogP contribution in [-0.4, -0.2) is 27.5 Å². The van der Waals surface area contributed by atoms with Crippen LogP contribution in [0.15, 0.2) is 71.6 Å². The van der Waals surface area contributed by atoms with E-state index in [2.05, 4.69) is 0 Å². The fourth-order valence-corrected chi connectivity index (χ4v) is 4.26. The number of anilines is 1. The zero-order valence-electron chi connectivity index (χ0n) is 15.9. The van der Waals surface area contributed by atoms with Gasteiger partial charge >= 0.3 is 0 Å². The van der Waals surface area contributed by atoms with Crippen LogP contribution < -0.4 is 14.8 Å². The van der Waals surface area contributed by atoms with E-state index in [1.165, 1.54) is 12.1 Å². The molecule has 30 heavy (non-hydrogen) atoms.